The van der Waals surface area contributed by atoms with Crippen LogP contribution in [0.4, 0.5) is 0 Å². The van der Waals surface area contributed by atoms with Crippen LogP contribution in [0.15, 0.2) is 45.9 Å². The molecular formula is C21H29NO3S2. The summed E-state index contributed by atoms with van der Waals surface area (Å²) in [6.07, 6.45) is 6.60. The summed E-state index contributed by atoms with van der Waals surface area (Å²) < 4.78 is 16.9. The summed E-state index contributed by atoms with van der Waals surface area (Å²) in [4.78, 5) is 2.54. The number of hydrogen-bond donors (Lipinski definition) is 1. The van der Waals surface area contributed by atoms with Crippen molar-refractivity contribution in [3.05, 3.63) is 41.0 Å². The first-order valence-electron chi connectivity index (χ1n) is 9.43. The fourth-order valence-electron chi connectivity index (χ4n) is 3.08. The van der Waals surface area contributed by atoms with Gasteiger partial charge in [-0.05, 0) is 43.5 Å². The third-order valence-electron chi connectivity index (χ3n) is 4.63. The average Bonchev–Trinajstić information content (AvgIpc) is 2.92. The molecular weight excluding hydrogens is 378 g/mol. The Bertz CT molecular complexity index is 690. The number of allylic oxidation sites excluding steroid dienone is 3. The van der Waals surface area contributed by atoms with Crippen LogP contribution >= 0.6 is 23.5 Å². The second-order valence-electron chi connectivity index (χ2n) is 6.86. The van der Waals surface area contributed by atoms with Crippen LogP contribution in [0.25, 0.3) is 0 Å². The molecule has 2 atom stereocenters. The minimum absolute atomic E-state index is 0.396. The Morgan fingerprint density at radius 1 is 1.33 bits per heavy atom. The summed E-state index contributed by atoms with van der Waals surface area (Å²) in [6.45, 7) is 4.01. The topological polar surface area (TPSA) is 39.7 Å². The van der Waals surface area contributed by atoms with Gasteiger partial charge in [-0.15, -0.1) is 23.5 Å². The summed E-state index contributed by atoms with van der Waals surface area (Å²) in [7, 11) is 3.37. The van der Waals surface area contributed by atoms with Gasteiger partial charge < -0.3 is 19.5 Å². The predicted octanol–water partition coefficient (Wildman–Crippen LogP) is 4.72. The molecule has 1 aromatic carbocycles. The van der Waals surface area contributed by atoms with E-state index < -0.39 is 0 Å². The molecule has 0 spiro atoms. The second kappa shape index (κ2) is 10.3. The van der Waals surface area contributed by atoms with Gasteiger partial charge in [-0.2, -0.15) is 0 Å². The van der Waals surface area contributed by atoms with Gasteiger partial charge in [0.25, 0.3) is 0 Å². The van der Waals surface area contributed by atoms with Crippen LogP contribution in [0, 0.1) is 5.92 Å². The maximum Gasteiger partial charge on any atom is 0.174 e. The SMILES string of the molecule is COc1cccc(SC[C@@H](C)CNC2COC3=C(CCC=C3)SC2)c1OC. The maximum absolute atomic E-state index is 6.01. The number of thioether (sulfide) groups is 2. The number of para-hydroxylation sites is 1. The summed E-state index contributed by atoms with van der Waals surface area (Å²) in [5.74, 6) is 5.34. The van der Waals surface area contributed by atoms with Gasteiger partial charge in [-0.3, -0.25) is 0 Å². The molecule has 1 aromatic rings. The average molecular weight is 408 g/mol. The van der Waals surface area contributed by atoms with E-state index in [2.05, 4.69) is 30.5 Å². The highest BCUT2D eigenvalue weighted by Crippen LogP contribution is 2.38. The molecule has 3 rings (SSSR count). The van der Waals surface area contributed by atoms with Crippen molar-refractivity contribution >= 4 is 23.5 Å². The van der Waals surface area contributed by atoms with Gasteiger partial charge in [-0.25, -0.2) is 0 Å². The van der Waals surface area contributed by atoms with Crippen molar-refractivity contribution in [3.8, 4) is 11.5 Å². The zero-order valence-corrected chi connectivity index (χ0v) is 18.0. The molecule has 1 aliphatic carbocycles. The zero-order chi connectivity index (χ0) is 19.1. The summed E-state index contributed by atoms with van der Waals surface area (Å²) in [5, 5.41) is 3.69. The monoisotopic (exact) mass is 407 g/mol. The van der Waals surface area contributed by atoms with E-state index in [0.29, 0.717) is 12.0 Å². The predicted molar refractivity (Wildman–Crippen MR) is 115 cm³/mol. The fraction of sp³-hybridized carbons (Fsp3) is 0.524. The van der Waals surface area contributed by atoms with Crippen molar-refractivity contribution in [2.75, 3.05) is 38.9 Å². The highest BCUT2D eigenvalue weighted by Gasteiger charge is 2.20. The Morgan fingerprint density at radius 3 is 3.04 bits per heavy atom. The molecule has 0 radical (unpaired) electrons. The number of nitrogens with one attached hydrogen (secondary N) is 1. The van der Waals surface area contributed by atoms with Crippen molar-refractivity contribution in [2.45, 2.75) is 30.7 Å². The Morgan fingerprint density at radius 2 is 2.22 bits per heavy atom. The van der Waals surface area contributed by atoms with E-state index in [1.165, 1.54) is 4.91 Å². The van der Waals surface area contributed by atoms with Gasteiger partial charge in [0.2, 0.25) is 0 Å². The number of benzene rings is 1. The number of rotatable bonds is 8. The molecule has 0 saturated heterocycles. The molecule has 148 valence electrons. The van der Waals surface area contributed by atoms with E-state index in [1.54, 1.807) is 14.2 Å². The molecule has 1 heterocycles. The van der Waals surface area contributed by atoms with Crippen molar-refractivity contribution in [1.29, 1.82) is 0 Å². The first-order chi connectivity index (χ1) is 13.2. The van der Waals surface area contributed by atoms with Crippen molar-refractivity contribution in [2.24, 2.45) is 5.92 Å². The van der Waals surface area contributed by atoms with Crippen molar-refractivity contribution < 1.29 is 14.2 Å². The van der Waals surface area contributed by atoms with Crippen molar-refractivity contribution in [1.82, 2.24) is 5.32 Å². The Labute approximate surface area is 171 Å². The van der Waals surface area contributed by atoms with E-state index in [1.807, 2.05) is 35.7 Å². The lowest BCUT2D eigenvalue weighted by atomic mass is 10.2. The third kappa shape index (κ3) is 5.62. The molecule has 6 heteroatoms. The molecule has 0 amide bonds. The van der Waals surface area contributed by atoms with E-state index in [-0.39, 0.29) is 0 Å². The van der Waals surface area contributed by atoms with E-state index in [9.17, 15) is 0 Å². The Hall–Kier alpha value is -1.24. The summed E-state index contributed by atoms with van der Waals surface area (Å²) in [6, 6.07) is 6.43. The number of ether oxygens (including phenoxy) is 3. The van der Waals surface area contributed by atoms with Gasteiger partial charge >= 0.3 is 0 Å². The maximum atomic E-state index is 6.01. The molecule has 1 aliphatic heterocycles. The van der Waals surface area contributed by atoms with Crippen LogP contribution in [0.1, 0.15) is 19.8 Å². The lowest BCUT2D eigenvalue weighted by molar-refractivity contribution is 0.195. The van der Waals surface area contributed by atoms with Crippen LogP contribution in [-0.4, -0.2) is 44.9 Å². The second-order valence-corrected chi connectivity index (χ2v) is 9.04. The lowest BCUT2D eigenvalue weighted by Crippen LogP contribution is -2.38. The zero-order valence-electron chi connectivity index (χ0n) is 16.3. The molecule has 1 unspecified atom stereocenters. The van der Waals surface area contributed by atoms with Crippen LogP contribution in [0.3, 0.4) is 0 Å². The number of methoxy groups -OCH3 is 2. The molecule has 27 heavy (non-hydrogen) atoms. The van der Waals surface area contributed by atoms with Crippen LogP contribution in [0.2, 0.25) is 0 Å². The fourth-order valence-corrected chi connectivity index (χ4v) is 5.30. The quantitative estimate of drug-likeness (QED) is 0.629. The smallest absolute Gasteiger partial charge is 0.174 e. The van der Waals surface area contributed by atoms with Gasteiger partial charge in [0.1, 0.15) is 12.4 Å². The summed E-state index contributed by atoms with van der Waals surface area (Å²) in [5.41, 5.74) is 0. The Kier molecular flexibility index (Phi) is 7.85. The lowest BCUT2D eigenvalue weighted by Gasteiger charge is -2.20. The minimum atomic E-state index is 0.396. The van der Waals surface area contributed by atoms with Gasteiger partial charge in [0.15, 0.2) is 11.5 Å². The third-order valence-corrected chi connectivity index (χ3v) is 7.32. The Balaban J connectivity index is 1.44. The molecule has 0 saturated carbocycles. The van der Waals surface area contributed by atoms with Gasteiger partial charge in [0.05, 0.1) is 25.2 Å². The van der Waals surface area contributed by atoms with Crippen LogP contribution in [0.5, 0.6) is 11.5 Å². The van der Waals surface area contributed by atoms with E-state index >= 15 is 0 Å². The summed E-state index contributed by atoms with van der Waals surface area (Å²) >= 11 is 3.77. The van der Waals surface area contributed by atoms with E-state index in [0.717, 1.165) is 59.7 Å². The van der Waals surface area contributed by atoms with Gasteiger partial charge in [-0.1, -0.05) is 19.1 Å². The first-order valence-corrected chi connectivity index (χ1v) is 11.4. The molecule has 1 N–H and O–H groups in total. The minimum Gasteiger partial charge on any atom is -0.493 e. The molecule has 0 fully saturated rings. The van der Waals surface area contributed by atoms with Crippen LogP contribution in [-0.2, 0) is 4.74 Å². The highest BCUT2D eigenvalue weighted by atomic mass is 32.2. The molecule has 0 aromatic heterocycles. The van der Waals surface area contributed by atoms with Crippen LogP contribution < -0.4 is 14.8 Å². The molecule has 0 bridgehead atoms. The highest BCUT2D eigenvalue weighted by molar-refractivity contribution is 8.03. The standard InChI is InChI=1S/C21H29NO3S2/c1-15(13-26-20-10-6-8-18(23-2)21(20)24-3)11-22-16-12-25-17-7-4-5-9-19(17)27-14-16/h4,6-8,10,15-16,22H,5,9,11-14H2,1-3H3/t15-,16?/m0/s1. The number of hydrogen-bond acceptors (Lipinski definition) is 6. The van der Waals surface area contributed by atoms with Crippen molar-refractivity contribution in [3.63, 3.8) is 0 Å². The van der Waals surface area contributed by atoms with E-state index in [4.69, 9.17) is 14.2 Å². The largest absolute Gasteiger partial charge is 0.493 e. The first kappa shape index (κ1) is 20.5. The normalized spacial score (nSPS) is 20.5. The van der Waals surface area contributed by atoms with Gasteiger partial charge in [0, 0.05) is 16.4 Å². The molecule has 4 nitrogen and oxygen atoms in total. The molecule has 2 aliphatic rings.